The van der Waals surface area contributed by atoms with Crippen LogP contribution in [0.25, 0.3) is 0 Å². The van der Waals surface area contributed by atoms with Crippen LogP contribution in [0.15, 0.2) is 12.4 Å². The number of hydrogen-bond donors (Lipinski definition) is 1. The smallest absolute Gasteiger partial charge is 0.225 e. The lowest BCUT2D eigenvalue weighted by Gasteiger charge is -2.30. The Morgan fingerprint density at radius 2 is 1.94 bits per heavy atom. The number of nitrogens with zero attached hydrogens (tertiary/aromatic N) is 3. The molecular weight excluding hydrogens is 319 g/mol. The van der Waals surface area contributed by atoms with Crippen LogP contribution in [0.3, 0.4) is 0 Å². The molecule has 2 rings (SSSR count). The molecule has 0 aliphatic carbocycles. The minimum Gasteiger partial charge on any atom is -0.369 e. The molecule has 86 valence electrons. The first-order valence-corrected chi connectivity index (χ1v) is 6.26. The number of carbonyl (C=O) groups is 1. The summed E-state index contributed by atoms with van der Waals surface area (Å²) in [6.45, 7) is 1.60. The van der Waals surface area contributed by atoms with Gasteiger partial charge in [-0.1, -0.05) is 0 Å². The van der Waals surface area contributed by atoms with E-state index in [2.05, 4.69) is 37.5 Å². The summed E-state index contributed by atoms with van der Waals surface area (Å²) < 4.78 is 1.02. The van der Waals surface area contributed by atoms with Crippen LogP contribution in [-0.2, 0) is 4.79 Å². The summed E-state index contributed by atoms with van der Waals surface area (Å²) in [6, 6.07) is 0. The van der Waals surface area contributed by atoms with Gasteiger partial charge in [-0.3, -0.25) is 4.79 Å². The van der Waals surface area contributed by atoms with E-state index in [0.29, 0.717) is 0 Å². The van der Waals surface area contributed by atoms with Crippen molar-refractivity contribution < 1.29 is 4.79 Å². The molecule has 5 nitrogen and oxygen atoms in total. The average molecular weight is 332 g/mol. The fourth-order valence-corrected chi connectivity index (χ4v) is 2.11. The molecule has 16 heavy (non-hydrogen) atoms. The van der Waals surface area contributed by atoms with Crippen LogP contribution in [-0.4, -0.2) is 29.0 Å². The number of primary amides is 1. The largest absolute Gasteiger partial charge is 0.369 e. The molecule has 0 aromatic carbocycles. The van der Waals surface area contributed by atoms with Crippen LogP contribution in [0, 0.1) is 9.49 Å². The quantitative estimate of drug-likeness (QED) is 0.813. The number of hydrogen-bond acceptors (Lipinski definition) is 4. The number of nitrogens with two attached hydrogens (primary N) is 1. The third-order valence-corrected chi connectivity index (χ3v) is 3.34. The average Bonchev–Trinajstić information content (AvgIpc) is 2.30. The Kier molecular flexibility index (Phi) is 3.57. The Balaban J connectivity index is 1.99. The van der Waals surface area contributed by atoms with Gasteiger partial charge in [0.1, 0.15) is 0 Å². The summed E-state index contributed by atoms with van der Waals surface area (Å²) in [4.78, 5) is 21.6. The summed E-state index contributed by atoms with van der Waals surface area (Å²) in [6.07, 6.45) is 5.18. The fourth-order valence-electron chi connectivity index (χ4n) is 1.83. The van der Waals surface area contributed by atoms with Crippen molar-refractivity contribution in [3.63, 3.8) is 0 Å². The standard InChI is InChI=1S/C10H13IN4O/c11-8-5-13-10(14-6-8)15-3-1-7(2-4-15)9(12)16/h5-7H,1-4H2,(H2,12,16). The summed E-state index contributed by atoms with van der Waals surface area (Å²) in [7, 11) is 0. The maximum Gasteiger partial charge on any atom is 0.225 e. The minimum absolute atomic E-state index is 0.0140. The highest BCUT2D eigenvalue weighted by Crippen LogP contribution is 2.20. The van der Waals surface area contributed by atoms with Gasteiger partial charge in [0, 0.05) is 35.0 Å². The summed E-state index contributed by atoms with van der Waals surface area (Å²) in [5.74, 6) is 0.562. The number of rotatable bonds is 2. The molecule has 1 saturated heterocycles. The van der Waals surface area contributed by atoms with Crippen molar-refractivity contribution in [3.8, 4) is 0 Å². The van der Waals surface area contributed by atoms with Crippen molar-refractivity contribution in [2.75, 3.05) is 18.0 Å². The van der Waals surface area contributed by atoms with Crippen molar-refractivity contribution in [1.29, 1.82) is 0 Å². The summed E-state index contributed by atoms with van der Waals surface area (Å²) >= 11 is 2.17. The molecule has 2 N–H and O–H groups in total. The lowest BCUT2D eigenvalue weighted by Crippen LogP contribution is -2.39. The second-order valence-corrected chi connectivity index (χ2v) is 5.11. The maximum absolute atomic E-state index is 11.0. The van der Waals surface area contributed by atoms with Crippen molar-refractivity contribution in [2.24, 2.45) is 11.7 Å². The minimum atomic E-state index is -0.192. The molecule has 1 aromatic heterocycles. The van der Waals surface area contributed by atoms with Crippen LogP contribution < -0.4 is 10.6 Å². The first-order chi connectivity index (χ1) is 7.66. The molecule has 0 unspecified atom stereocenters. The van der Waals surface area contributed by atoms with Crippen molar-refractivity contribution in [1.82, 2.24) is 9.97 Å². The number of amides is 1. The normalized spacial score (nSPS) is 17.4. The molecule has 0 radical (unpaired) electrons. The van der Waals surface area contributed by atoms with E-state index in [9.17, 15) is 4.79 Å². The molecule has 1 aromatic rings. The zero-order valence-electron chi connectivity index (χ0n) is 8.77. The summed E-state index contributed by atoms with van der Waals surface area (Å²) in [5, 5.41) is 0. The van der Waals surface area contributed by atoms with Gasteiger partial charge in [-0.05, 0) is 35.4 Å². The van der Waals surface area contributed by atoms with Gasteiger partial charge in [-0.2, -0.15) is 0 Å². The highest BCUT2D eigenvalue weighted by Gasteiger charge is 2.24. The Morgan fingerprint density at radius 1 is 1.38 bits per heavy atom. The zero-order chi connectivity index (χ0) is 11.5. The van der Waals surface area contributed by atoms with Gasteiger partial charge >= 0.3 is 0 Å². The second kappa shape index (κ2) is 4.94. The van der Waals surface area contributed by atoms with Gasteiger partial charge < -0.3 is 10.6 Å². The van der Waals surface area contributed by atoms with E-state index in [4.69, 9.17) is 5.73 Å². The number of aromatic nitrogens is 2. The van der Waals surface area contributed by atoms with Crippen molar-refractivity contribution >= 4 is 34.4 Å². The van der Waals surface area contributed by atoms with Gasteiger partial charge in [0.2, 0.25) is 11.9 Å². The molecule has 1 aliphatic heterocycles. The van der Waals surface area contributed by atoms with Crippen LogP contribution in [0.2, 0.25) is 0 Å². The number of anilines is 1. The van der Waals surface area contributed by atoms with E-state index in [1.807, 2.05) is 0 Å². The molecule has 1 aliphatic rings. The highest BCUT2D eigenvalue weighted by atomic mass is 127. The molecule has 0 spiro atoms. The predicted molar refractivity (Wildman–Crippen MR) is 68.9 cm³/mol. The number of carbonyl (C=O) groups excluding carboxylic acids is 1. The van der Waals surface area contributed by atoms with E-state index < -0.39 is 0 Å². The zero-order valence-corrected chi connectivity index (χ0v) is 10.9. The van der Waals surface area contributed by atoms with E-state index in [1.165, 1.54) is 0 Å². The van der Waals surface area contributed by atoms with Crippen LogP contribution >= 0.6 is 22.6 Å². The maximum atomic E-state index is 11.0. The van der Waals surface area contributed by atoms with Crippen LogP contribution in [0.4, 0.5) is 5.95 Å². The molecule has 0 saturated carbocycles. The van der Waals surface area contributed by atoms with Gasteiger partial charge in [0.25, 0.3) is 0 Å². The number of piperidine rings is 1. The molecular formula is C10H13IN4O. The molecule has 0 atom stereocenters. The second-order valence-electron chi connectivity index (χ2n) is 3.86. The molecule has 2 heterocycles. The first kappa shape index (κ1) is 11.6. The molecule has 0 bridgehead atoms. The van der Waals surface area contributed by atoms with E-state index >= 15 is 0 Å². The van der Waals surface area contributed by atoms with Gasteiger partial charge in [-0.25, -0.2) is 9.97 Å². The third kappa shape index (κ3) is 2.60. The van der Waals surface area contributed by atoms with Crippen LogP contribution in [0.5, 0.6) is 0 Å². The number of halogens is 1. The van der Waals surface area contributed by atoms with Crippen LogP contribution in [0.1, 0.15) is 12.8 Å². The Hall–Kier alpha value is -0.920. The third-order valence-electron chi connectivity index (χ3n) is 2.79. The lowest BCUT2D eigenvalue weighted by atomic mass is 9.96. The molecule has 6 heteroatoms. The topological polar surface area (TPSA) is 72.1 Å². The van der Waals surface area contributed by atoms with Crippen molar-refractivity contribution in [3.05, 3.63) is 16.0 Å². The van der Waals surface area contributed by atoms with Gasteiger partial charge in [0.05, 0.1) is 0 Å². The van der Waals surface area contributed by atoms with Gasteiger partial charge in [-0.15, -0.1) is 0 Å². The predicted octanol–water partition coefficient (Wildman–Crippen LogP) is 0.783. The molecule has 1 fully saturated rings. The Morgan fingerprint density at radius 3 is 2.44 bits per heavy atom. The first-order valence-electron chi connectivity index (χ1n) is 5.18. The molecule has 1 amide bonds. The Labute approximate surface area is 108 Å². The van der Waals surface area contributed by atoms with Gasteiger partial charge in [0.15, 0.2) is 0 Å². The fraction of sp³-hybridized carbons (Fsp3) is 0.500. The van der Waals surface area contributed by atoms with E-state index in [-0.39, 0.29) is 11.8 Å². The highest BCUT2D eigenvalue weighted by molar-refractivity contribution is 14.1. The van der Waals surface area contributed by atoms with E-state index in [1.54, 1.807) is 12.4 Å². The SMILES string of the molecule is NC(=O)C1CCN(c2ncc(I)cn2)CC1. The van der Waals surface area contributed by atoms with Crippen molar-refractivity contribution in [2.45, 2.75) is 12.8 Å². The Bertz CT molecular complexity index is 373. The monoisotopic (exact) mass is 332 g/mol. The summed E-state index contributed by atoms with van der Waals surface area (Å²) in [5.41, 5.74) is 5.28. The van der Waals surface area contributed by atoms with E-state index in [0.717, 1.165) is 35.4 Å². The lowest BCUT2D eigenvalue weighted by molar-refractivity contribution is -0.122.